The molecule has 0 bridgehead atoms. The second-order valence-corrected chi connectivity index (χ2v) is 7.09. The summed E-state index contributed by atoms with van der Waals surface area (Å²) >= 11 is 0. The van der Waals surface area contributed by atoms with Gasteiger partial charge in [0.15, 0.2) is 0 Å². The summed E-state index contributed by atoms with van der Waals surface area (Å²) in [6.45, 7) is 7.84. The third-order valence-electron chi connectivity index (χ3n) is 4.97. The number of carbonyl (C=O) groups is 2. The van der Waals surface area contributed by atoms with E-state index in [1.165, 1.54) is 0 Å². The second-order valence-electron chi connectivity index (χ2n) is 7.09. The topological polar surface area (TPSA) is 79.3 Å². The van der Waals surface area contributed by atoms with Gasteiger partial charge in [-0.15, -0.1) is 0 Å². The molecule has 1 aliphatic heterocycles. The number of piperazine rings is 1. The highest BCUT2D eigenvalue weighted by Gasteiger charge is 2.32. The molecule has 0 saturated carbocycles. The molecule has 144 valence electrons. The number of hydrogen-bond acceptors (Lipinski definition) is 4. The lowest BCUT2D eigenvalue weighted by Crippen LogP contribution is -2.58. The molecule has 7 nitrogen and oxygen atoms in total. The van der Waals surface area contributed by atoms with Crippen LogP contribution in [-0.2, 0) is 16.1 Å². The van der Waals surface area contributed by atoms with Crippen LogP contribution in [0.3, 0.4) is 0 Å². The summed E-state index contributed by atoms with van der Waals surface area (Å²) in [5.74, 6) is 0.694. The van der Waals surface area contributed by atoms with Crippen LogP contribution >= 0.6 is 0 Å². The summed E-state index contributed by atoms with van der Waals surface area (Å²) in [4.78, 5) is 31.1. The van der Waals surface area contributed by atoms with Crippen LogP contribution < -0.4 is 10.6 Å². The summed E-state index contributed by atoms with van der Waals surface area (Å²) in [6, 6.07) is 7.72. The van der Waals surface area contributed by atoms with Crippen molar-refractivity contribution in [2.24, 2.45) is 0 Å². The fraction of sp³-hybridized carbons (Fsp3) is 0.450. The van der Waals surface area contributed by atoms with Gasteiger partial charge in [-0.05, 0) is 32.4 Å². The van der Waals surface area contributed by atoms with E-state index in [0.717, 1.165) is 23.6 Å². The van der Waals surface area contributed by atoms with Crippen LogP contribution in [-0.4, -0.2) is 51.4 Å². The highest BCUT2D eigenvalue weighted by molar-refractivity contribution is 5.88. The average Bonchev–Trinajstić information content (AvgIpc) is 3.07. The van der Waals surface area contributed by atoms with Crippen molar-refractivity contribution in [2.45, 2.75) is 45.8 Å². The Morgan fingerprint density at radius 2 is 2.15 bits per heavy atom. The lowest BCUT2D eigenvalue weighted by atomic mass is 10.1. The standard InChI is InChI=1S/C20H27N5O2/c1-14(2)24-10-9-22-20(27)18(24)12-19(26)23-13-16-6-4-5-7-17(16)25-11-8-21-15(25)3/h4-8,11,14,18H,9-10,12-13H2,1-3H3,(H,22,27)(H,23,26). The van der Waals surface area contributed by atoms with Gasteiger partial charge in [0.1, 0.15) is 5.82 Å². The van der Waals surface area contributed by atoms with E-state index in [0.29, 0.717) is 13.1 Å². The number of aryl methyl sites for hydroxylation is 1. The van der Waals surface area contributed by atoms with Gasteiger partial charge in [0.05, 0.1) is 18.2 Å². The number of para-hydroxylation sites is 1. The van der Waals surface area contributed by atoms with Gasteiger partial charge in [0.2, 0.25) is 11.8 Å². The van der Waals surface area contributed by atoms with Crippen molar-refractivity contribution in [1.82, 2.24) is 25.1 Å². The number of carbonyl (C=O) groups excluding carboxylic acids is 2. The van der Waals surface area contributed by atoms with Crippen LogP contribution in [0.1, 0.15) is 31.7 Å². The number of nitrogens with one attached hydrogen (secondary N) is 2. The Bertz CT molecular complexity index is 814. The number of amides is 2. The molecular formula is C20H27N5O2. The minimum atomic E-state index is -0.412. The third kappa shape index (κ3) is 4.36. The molecule has 1 saturated heterocycles. The maximum Gasteiger partial charge on any atom is 0.237 e. The molecule has 0 spiro atoms. The predicted octanol–water partition coefficient (Wildman–Crippen LogP) is 1.40. The molecule has 0 radical (unpaired) electrons. The van der Waals surface area contributed by atoms with Gasteiger partial charge >= 0.3 is 0 Å². The van der Waals surface area contributed by atoms with Gasteiger partial charge in [-0.2, -0.15) is 0 Å². The average molecular weight is 369 g/mol. The Labute approximate surface area is 159 Å². The molecule has 2 amide bonds. The van der Waals surface area contributed by atoms with E-state index in [9.17, 15) is 9.59 Å². The van der Waals surface area contributed by atoms with E-state index < -0.39 is 6.04 Å². The lowest BCUT2D eigenvalue weighted by Gasteiger charge is -2.37. The van der Waals surface area contributed by atoms with Crippen molar-refractivity contribution in [1.29, 1.82) is 0 Å². The number of benzene rings is 1. The molecule has 2 N–H and O–H groups in total. The van der Waals surface area contributed by atoms with E-state index in [1.54, 1.807) is 6.20 Å². The van der Waals surface area contributed by atoms with Crippen molar-refractivity contribution >= 4 is 11.8 Å². The number of rotatable bonds is 6. The predicted molar refractivity (Wildman–Crippen MR) is 103 cm³/mol. The van der Waals surface area contributed by atoms with Crippen molar-refractivity contribution in [3.05, 3.63) is 48.0 Å². The van der Waals surface area contributed by atoms with Gasteiger partial charge < -0.3 is 15.2 Å². The summed E-state index contributed by atoms with van der Waals surface area (Å²) in [5.41, 5.74) is 1.99. The largest absolute Gasteiger partial charge is 0.353 e. The molecule has 1 aromatic carbocycles. The number of imidazole rings is 1. The Morgan fingerprint density at radius 3 is 2.85 bits per heavy atom. The Kier molecular flexibility index (Phi) is 5.91. The summed E-state index contributed by atoms with van der Waals surface area (Å²) in [7, 11) is 0. The van der Waals surface area contributed by atoms with Crippen LogP contribution in [0.2, 0.25) is 0 Å². The molecule has 1 aromatic heterocycles. The maximum absolute atomic E-state index is 12.5. The minimum absolute atomic E-state index is 0.0699. The van der Waals surface area contributed by atoms with Crippen LogP contribution in [0, 0.1) is 6.92 Å². The minimum Gasteiger partial charge on any atom is -0.353 e. The van der Waals surface area contributed by atoms with Crippen molar-refractivity contribution in [3.63, 3.8) is 0 Å². The number of hydrogen-bond donors (Lipinski definition) is 2. The van der Waals surface area contributed by atoms with Crippen LogP contribution in [0.25, 0.3) is 5.69 Å². The Balaban J connectivity index is 1.66. The molecule has 3 rings (SSSR count). The van der Waals surface area contributed by atoms with Gasteiger partial charge in [-0.25, -0.2) is 4.98 Å². The lowest BCUT2D eigenvalue weighted by molar-refractivity contribution is -0.134. The monoisotopic (exact) mass is 369 g/mol. The first-order valence-electron chi connectivity index (χ1n) is 9.35. The summed E-state index contributed by atoms with van der Waals surface area (Å²) < 4.78 is 2.00. The number of nitrogens with zero attached hydrogens (tertiary/aromatic N) is 3. The number of aromatic nitrogens is 2. The van der Waals surface area contributed by atoms with Gasteiger partial charge in [-0.3, -0.25) is 14.5 Å². The van der Waals surface area contributed by atoms with Crippen LogP contribution in [0.4, 0.5) is 0 Å². The zero-order valence-corrected chi connectivity index (χ0v) is 16.1. The zero-order valence-electron chi connectivity index (χ0n) is 16.1. The van der Waals surface area contributed by atoms with E-state index in [1.807, 2.05) is 55.8 Å². The molecule has 1 unspecified atom stereocenters. The quantitative estimate of drug-likeness (QED) is 0.807. The first kappa shape index (κ1) is 19.1. The highest BCUT2D eigenvalue weighted by Crippen LogP contribution is 2.17. The Hall–Kier alpha value is -2.67. The fourth-order valence-electron chi connectivity index (χ4n) is 3.53. The van der Waals surface area contributed by atoms with Gasteiger partial charge in [0, 0.05) is 38.1 Å². The zero-order chi connectivity index (χ0) is 19.4. The molecule has 0 aliphatic carbocycles. The molecule has 1 fully saturated rings. The van der Waals surface area contributed by atoms with Crippen molar-refractivity contribution in [3.8, 4) is 5.69 Å². The summed E-state index contributed by atoms with van der Waals surface area (Å²) in [6.07, 6.45) is 3.83. The highest BCUT2D eigenvalue weighted by atomic mass is 16.2. The fourth-order valence-corrected chi connectivity index (χ4v) is 3.53. The van der Waals surface area contributed by atoms with E-state index in [-0.39, 0.29) is 24.3 Å². The second kappa shape index (κ2) is 8.35. The normalized spacial score (nSPS) is 17.8. The van der Waals surface area contributed by atoms with E-state index in [4.69, 9.17) is 0 Å². The molecular weight excluding hydrogens is 342 g/mol. The molecule has 1 atom stereocenters. The first-order valence-corrected chi connectivity index (χ1v) is 9.35. The smallest absolute Gasteiger partial charge is 0.237 e. The SMILES string of the molecule is Cc1nccn1-c1ccccc1CNC(=O)CC1C(=O)NCCN1C(C)C. The molecule has 2 heterocycles. The molecule has 7 heteroatoms. The van der Waals surface area contributed by atoms with E-state index in [2.05, 4.69) is 20.5 Å². The van der Waals surface area contributed by atoms with Crippen molar-refractivity contribution < 1.29 is 9.59 Å². The van der Waals surface area contributed by atoms with Crippen molar-refractivity contribution in [2.75, 3.05) is 13.1 Å². The maximum atomic E-state index is 12.5. The molecule has 1 aliphatic rings. The van der Waals surface area contributed by atoms with Gasteiger partial charge in [-0.1, -0.05) is 18.2 Å². The Morgan fingerprint density at radius 1 is 1.37 bits per heavy atom. The first-order chi connectivity index (χ1) is 13.0. The summed E-state index contributed by atoms with van der Waals surface area (Å²) in [5, 5.41) is 5.83. The molecule has 27 heavy (non-hydrogen) atoms. The van der Waals surface area contributed by atoms with Gasteiger partial charge in [0.25, 0.3) is 0 Å². The third-order valence-corrected chi connectivity index (χ3v) is 4.97. The van der Waals surface area contributed by atoms with Crippen LogP contribution in [0.5, 0.6) is 0 Å². The van der Waals surface area contributed by atoms with Crippen LogP contribution in [0.15, 0.2) is 36.7 Å². The molecule has 2 aromatic rings. The van der Waals surface area contributed by atoms with E-state index >= 15 is 0 Å².